The number of pyridine rings is 1. The number of ketones is 1. The van der Waals surface area contributed by atoms with Crippen LogP contribution in [0, 0.1) is 0 Å². The van der Waals surface area contributed by atoms with Crippen molar-refractivity contribution in [2.45, 2.75) is 0 Å². The van der Waals surface area contributed by atoms with E-state index in [2.05, 4.69) is 9.88 Å². The quantitative estimate of drug-likeness (QED) is 0.608. The molecular weight excluding hydrogens is 330 g/mol. The fourth-order valence-electron chi connectivity index (χ4n) is 2.21. The first-order chi connectivity index (χ1) is 12.5. The highest BCUT2D eigenvalue weighted by Crippen LogP contribution is 2.21. The van der Waals surface area contributed by atoms with Crippen LogP contribution in [0.5, 0.6) is 11.6 Å². The molecule has 1 heterocycles. The van der Waals surface area contributed by atoms with Gasteiger partial charge in [-0.25, -0.2) is 4.98 Å². The van der Waals surface area contributed by atoms with Gasteiger partial charge in [0.25, 0.3) is 0 Å². The molecule has 0 unspecified atom stereocenters. The maximum Gasteiger partial charge on any atom is 0.224 e. The minimum atomic E-state index is -0.113. The van der Waals surface area contributed by atoms with Gasteiger partial charge in [0, 0.05) is 24.8 Å². The fourth-order valence-corrected chi connectivity index (χ4v) is 2.21. The van der Waals surface area contributed by atoms with Crippen LogP contribution in [0.4, 0.5) is 0 Å². The Morgan fingerprint density at radius 3 is 2.15 bits per heavy atom. The second-order valence-electron chi connectivity index (χ2n) is 6.51. The number of likely N-dealkylation sites (N-methyl/N-ethyl adjacent to an activating group) is 2. The Labute approximate surface area is 155 Å². The molecule has 140 valence electrons. The van der Waals surface area contributed by atoms with Gasteiger partial charge in [0.2, 0.25) is 5.88 Å². The first-order valence-corrected chi connectivity index (χ1v) is 8.62. The zero-order valence-corrected chi connectivity index (χ0v) is 15.9. The standard InChI is InChI=1S/C20H27N3O3/c1-22(2)12-14-25-17-9-7-16(8-10-17)19(24)18-6-5-11-21-20(18)26-15-13-23(3)4/h5-11H,12-15H2,1-4H3. The van der Waals surface area contributed by atoms with Crippen molar-refractivity contribution >= 4 is 5.78 Å². The molecule has 0 atom stereocenters. The summed E-state index contributed by atoms with van der Waals surface area (Å²) in [4.78, 5) is 21.1. The molecule has 0 aliphatic rings. The molecule has 0 N–H and O–H groups in total. The zero-order valence-electron chi connectivity index (χ0n) is 15.9. The minimum absolute atomic E-state index is 0.113. The summed E-state index contributed by atoms with van der Waals surface area (Å²) in [5.74, 6) is 1.00. The highest BCUT2D eigenvalue weighted by Gasteiger charge is 2.16. The summed E-state index contributed by atoms with van der Waals surface area (Å²) in [6, 6.07) is 10.6. The van der Waals surface area contributed by atoms with E-state index in [4.69, 9.17) is 9.47 Å². The van der Waals surface area contributed by atoms with Crippen molar-refractivity contribution in [1.82, 2.24) is 14.8 Å². The third kappa shape index (κ3) is 6.13. The van der Waals surface area contributed by atoms with Crippen molar-refractivity contribution < 1.29 is 14.3 Å². The molecule has 0 amide bonds. The number of carbonyl (C=O) groups excluding carboxylic acids is 1. The molecule has 1 aromatic carbocycles. The van der Waals surface area contributed by atoms with Crippen LogP contribution in [0.3, 0.4) is 0 Å². The monoisotopic (exact) mass is 357 g/mol. The van der Waals surface area contributed by atoms with Crippen LogP contribution in [-0.4, -0.2) is 75.1 Å². The summed E-state index contributed by atoms with van der Waals surface area (Å²) in [5, 5.41) is 0. The molecule has 1 aromatic heterocycles. The fraction of sp³-hybridized carbons (Fsp3) is 0.400. The van der Waals surface area contributed by atoms with E-state index in [9.17, 15) is 4.79 Å². The molecule has 0 aliphatic heterocycles. The van der Waals surface area contributed by atoms with Gasteiger partial charge in [-0.3, -0.25) is 4.79 Å². The molecule has 26 heavy (non-hydrogen) atoms. The lowest BCUT2D eigenvalue weighted by molar-refractivity contribution is 0.103. The highest BCUT2D eigenvalue weighted by atomic mass is 16.5. The summed E-state index contributed by atoms with van der Waals surface area (Å²) >= 11 is 0. The Kier molecular flexibility index (Phi) is 7.56. The predicted octanol–water partition coefficient (Wildman–Crippen LogP) is 2.19. The summed E-state index contributed by atoms with van der Waals surface area (Å²) < 4.78 is 11.3. The van der Waals surface area contributed by atoms with Crippen molar-refractivity contribution in [3.63, 3.8) is 0 Å². The molecule has 2 aromatic rings. The van der Waals surface area contributed by atoms with Crippen molar-refractivity contribution in [3.8, 4) is 11.6 Å². The predicted molar refractivity (Wildman–Crippen MR) is 102 cm³/mol. The maximum absolute atomic E-state index is 12.8. The third-order valence-electron chi connectivity index (χ3n) is 3.72. The number of hydrogen-bond acceptors (Lipinski definition) is 6. The number of aromatic nitrogens is 1. The van der Waals surface area contributed by atoms with Crippen molar-refractivity contribution in [2.75, 3.05) is 54.5 Å². The van der Waals surface area contributed by atoms with Crippen LogP contribution in [0.25, 0.3) is 0 Å². The normalized spacial score (nSPS) is 11.0. The van der Waals surface area contributed by atoms with Crippen LogP contribution in [-0.2, 0) is 0 Å². The van der Waals surface area contributed by atoms with Crippen LogP contribution in [0.15, 0.2) is 42.6 Å². The Morgan fingerprint density at radius 1 is 0.923 bits per heavy atom. The smallest absolute Gasteiger partial charge is 0.224 e. The van der Waals surface area contributed by atoms with E-state index >= 15 is 0 Å². The number of rotatable bonds is 10. The molecular formula is C20H27N3O3. The Bertz CT molecular complexity index is 700. The van der Waals surface area contributed by atoms with E-state index in [-0.39, 0.29) is 5.78 Å². The van der Waals surface area contributed by atoms with E-state index in [1.54, 1.807) is 30.5 Å². The minimum Gasteiger partial charge on any atom is -0.492 e. The number of benzene rings is 1. The SMILES string of the molecule is CN(C)CCOc1ccc(C(=O)c2cccnc2OCCN(C)C)cc1. The van der Waals surface area contributed by atoms with Crippen LogP contribution < -0.4 is 9.47 Å². The van der Waals surface area contributed by atoms with Crippen LogP contribution >= 0.6 is 0 Å². The highest BCUT2D eigenvalue weighted by molar-refractivity contribution is 6.10. The van der Waals surface area contributed by atoms with E-state index in [1.165, 1.54) is 0 Å². The molecule has 0 bridgehead atoms. The van der Waals surface area contributed by atoms with Gasteiger partial charge in [0.1, 0.15) is 19.0 Å². The van der Waals surface area contributed by atoms with Gasteiger partial charge >= 0.3 is 0 Å². The van der Waals surface area contributed by atoms with Gasteiger partial charge in [-0.1, -0.05) is 0 Å². The summed E-state index contributed by atoms with van der Waals surface area (Å²) in [7, 11) is 7.93. The first-order valence-electron chi connectivity index (χ1n) is 8.62. The van der Waals surface area contributed by atoms with Crippen molar-refractivity contribution in [1.29, 1.82) is 0 Å². The molecule has 0 fully saturated rings. The van der Waals surface area contributed by atoms with E-state index < -0.39 is 0 Å². The lowest BCUT2D eigenvalue weighted by atomic mass is 10.0. The molecule has 0 saturated carbocycles. The Morgan fingerprint density at radius 2 is 1.54 bits per heavy atom. The Balaban J connectivity index is 2.04. The topological polar surface area (TPSA) is 54.9 Å². The third-order valence-corrected chi connectivity index (χ3v) is 3.72. The molecule has 6 nitrogen and oxygen atoms in total. The zero-order chi connectivity index (χ0) is 18.9. The average molecular weight is 357 g/mol. The van der Waals surface area contributed by atoms with Crippen LogP contribution in [0.1, 0.15) is 15.9 Å². The maximum atomic E-state index is 12.8. The molecule has 0 saturated heterocycles. The molecule has 0 aliphatic carbocycles. The number of hydrogen-bond donors (Lipinski definition) is 0. The van der Waals surface area contributed by atoms with E-state index in [1.807, 2.05) is 45.2 Å². The van der Waals surface area contributed by atoms with Crippen molar-refractivity contribution in [3.05, 3.63) is 53.7 Å². The van der Waals surface area contributed by atoms with Gasteiger partial charge in [0.05, 0.1) is 5.56 Å². The van der Waals surface area contributed by atoms with Gasteiger partial charge < -0.3 is 19.3 Å². The number of nitrogens with zero attached hydrogens (tertiary/aromatic N) is 3. The summed E-state index contributed by atoms with van der Waals surface area (Å²) in [5.41, 5.74) is 1.04. The largest absolute Gasteiger partial charge is 0.492 e. The summed E-state index contributed by atoms with van der Waals surface area (Å²) in [6.45, 7) is 2.67. The lowest BCUT2D eigenvalue weighted by Crippen LogP contribution is -2.20. The molecule has 2 rings (SSSR count). The van der Waals surface area contributed by atoms with Gasteiger partial charge in [-0.05, 0) is 64.6 Å². The molecule has 0 spiro atoms. The number of carbonyl (C=O) groups is 1. The second kappa shape index (κ2) is 9.89. The first kappa shape index (κ1) is 19.9. The van der Waals surface area contributed by atoms with Crippen LogP contribution in [0.2, 0.25) is 0 Å². The molecule has 6 heteroatoms. The van der Waals surface area contributed by atoms with E-state index in [0.29, 0.717) is 30.2 Å². The number of ether oxygens (including phenoxy) is 2. The van der Waals surface area contributed by atoms with Gasteiger partial charge in [-0.2, -0.15) is 0 Å². The average Bonchev–Trinajstić information content (AvgIpc) is 2.61. The lowest BCUT2D eigenvalue weighted by Gasteiger charge is -2.13. The summed E-state index contributed by atoms with van der Waals surface area (Å²) in [6.07, 6.45) is 1.63. The van der Waals surface area contributed by atoms with E-state index in [0.717, 1.165) is 18.8 Å². The molecule has 0 radical (unpaired) electrons. The van der Waals surface area contributed by atoms with Gasteiger partial charge in [-0.15, -0.1) is 0 Å². The Hall–Kier alpha value is -2.44. The van der Waals surface area contributed by atoms with Gasteiger partial charge in [0.15, 0.2) is 5.78 Å². The van der Waals surface area contributed by atoms with Crippen molar-refractivity contribution in [2.24, 2.45) is 0 Å². The second-order valence-corrected chi connectivity index (χ2v) is 6.51.